The number of hydrogen-bond donors (Lipinski definition) is 1. The van der Waals surface area contributed by atoms with Crippen LogP contribution in [-0.2, 0) is 17.6 Å². The van der Waals surface area contributed by atoms with Crippen molar-refractivity contribution in [1.29, 1.82) is 0 Å². The molecule has 1 aromatic carbocycles. The van der Waals surface area contributed by atoms with Crippen molar-refractivity contribution in [3.63, 3.8) is 0 Å². The van der Waals surface area contributed by atoms with Gasteiger partial charge in [0.1, 0.15) is 5.75 Å². The number of methoxy groups -OCH3 is 1. The van der Waals surface area contributed by atoms with Gasteiger partial charge in [-0.25, -0.2) is 0 Å². The third-order valence-electron chi connectivity index (χ3n) is 3.33. The maximum Gasteiger partial charge on any atom is 0.220 e. The number of hydrogen-bond acceptors (Lipinski definition) is 3. The highest BCUT2D eigenvalue weighted by Crippen LogP contribution is 2.12. The predicted octanol–water partition coefficient (Wildman–Crippen LogP) is 2.97. The lowest BCUT2D eigenvalue weighted by molar-refractivity contribution is -0.121. The van der Waals surface area contributed by atoms with Gasteiger partial charge in [0, 0.05) is 12.5 Å². The minimum absolute atomic E-state index is 0.0711. The molecule has 1 N–H and O–H groups in total. The highest BCUT2D eigenvalue weighted by Gasteiger charge is 2.09. The summed E-state index contributed by atoms with van der Waals surface area (Å²) in [5.74, 6) is 0.902. The summed E-state index contributed by atoms with van der Waals surface area (Å²) in [4.78, 5) is 11.9. The van der Waals surface area contributed by atoms with Crippen LogP contribution in [0.5, 0.6) is 5.75 Å². The van der Waals surface area contributed by atoms with Crippen LogP contribution in [0.3, 0.4) is 0 Å². The number of carbonyl (C=O) groups is 1. The van der Waals surface area contributed by atoms with Crippen LogP contribution in [0.1, 0.15) is 24.5 Å². The molecule has 2 rings (SSSR count). The van der Waals surface area contributed by atoms with Gasteiger partial charge in [-0.3, -0.25) is 4.79 Å². The zero-order valence-corrected chi connectivity index (χ0v) is 12.5. The largest absolute Gasteiger partial charge is 0.497 e. The zero-order chi connectivity index (χ0) is 15.1. The lowest BCUT2D eigenvalue weighted by Gasteiger charge is -2.13. The second kappa shape index (κ2) is 7.53. The Morgan fingerprint density at radius 3 is 2.62 bits per heavy atom. The summed E-state index contributed by atoms with van der Waals surface area (Å²) in [5.41, 5.74) is 2.23. The fraction of sp³-hybridized carbons (Fsp3) is 0.353. The van der Waals surface area contributed by atoms with Crippen LogP contribution >= 0.6 is 0 Å². The monoisotopic (exact) mass is 287 g/mol. The average Bonchev–Trinajstić information content (AvgIpc) is 2.98. The Bertz CT molecular complexity index is 546. The summed E-state index contributed by atoms with van der Waals surface area (Å²) >= 11 is 0. The first kappa shape index (κ1) is 15.2. The van der Waals surface area contributed by atoms with E-state index in [9.17, 15) is 4.79 Å². The molecule has 2 aromatic rings. The third kappa shape index (κ3) is 4.99. The van der Waals surface area contributed by atoms with Gasteiger partial charge in [0.2, 0.25) is 5.91 Å². The van der Waals surface area contributed by atoms with E-state index in [-0.39, 0.29) is 11.9 Å². The fourth-order valence-corrected chi connectivity index (χ4v) is 2.21. The molecule has 0 saturated carbocycles. The Hall–Kier alpha value is -2.23. The molecule has 112 valence electrons. The Morgan fingerprint density at radius 1 is 1.24 bits per heavy atom. The topological polar surface area (TPSA) is 51.5 Å². The second-order valence-corrected chi connectivity index (χ2v) is 5.15. The number of carbonyl (C=O) groups excluding carboxylic acids is 1. The molecule has 0 bridgehead atoms. The van der Waals surface area contributed by atoms with Gasteiger partial charge in [-0.1, -0.05) is 12.1 Å². The number of ether oxygens (including phenoxy) is 1. The van der Waals surface area contributed by atoms with Crippen LogP contribution in [0.2, 0.25) is 0 Å². The van der Waals surface area contributed by atoms with Gasteiger partial charge in [0.15, 0.2) is 0 Å². The summed E-state index contributed by atoms with van der Waals surface area (Å²) in [5, 5.41) is 3.01. The van der Waals surface area contributed by atoms with Crippen molar-refractivity contribution >= 4 is 5.91 Å². The first-order valence-electron chi connectivity index (χ1n) is 7.10. The van der Waals surface area contributed by atoms with Crippen LogP contribution in [0.25, 0.3) is 0 Å². The minimum atomic E-state index is 0.0711. The number of aryl methyl sites for hydroxylation is 1. The molecule has 21 heavy (non-hydrogen) atoms. The van der Waals surface area contributed by atoms with E-state index in [0.29, 0.717) is 6.42 Å². The number of benzene rings is 1. The lowest BCUT2D eigenvalue weighted by atomic mass is 10.1. The van der Waals surface area contributed by atoms with Crippen molar-refractivity contribution in [1.82, 2.24) is 5.32 Å². The maximum absolute atomic E-state index is 11.9. The highest BCUT2D eigenvalue weighted by molar-refractivity contribution is 5.76. The number of nitrogens with one attached hydrogen (secondary N) is 1. The summed E-state index contributed by atoms with van der Waals surface area (Å²) in [6, 6.07) is 9.82. The molecule has 1 heterocycles. The van der Waals surface area contributed by atoms with Gasteiger partial charge in [0.25, 0.3) is 0 Å². The van der Waals surface area contributed by atoms with E-state index in [4.69, 9.17) is 9.15 Å². The quantitative estimate of drug-likeness (QED) is 0.851. The van der Waals surface area contributed by atoms with Crippen molar-refractivity contribution in [3.05, 3.63) is 54.0 Å². The number of amides is 1. The fourth-order valence-electron chi connectivity index (χ4n) is 2.21. The first-order chi connectivity index (χ1) is 10.2. The van der Waals surface area contributed by atoms with Gasteiger partial charge in [-0.15, -0.1) is 0 Å². The first-order valence-corrected chi connectivity index (χ1v) is 7.10. The lowest BCUT2D eigenvalue weighted by Crippen LogP contribution is -2.34. The van der Waals surface area contributed by atoms with E-state index in [2.05, 4.69) is 5.32 Å². The Morgan fingerprint density at radius 2 is 2.00 bits per heavy atom. The normalized spacial score (nSPS) is 11.9. The Labute approximate surface area is 125 Å². The highest BCUT2D eigenvalue weighted by atomic mass is 16.5. The molecule has 1 atom stereocenters. The Balaban J connectivity index is 1.73. The second-order valence-electron chi connectivity index (χ2n) is 5.15. The average molecular weight is 287 g/mol. The SMILES string of the molecule is COc1ccc(CCC(=O)N[C@H](C)Cc2ccoc2)cc1. The van der Waals surface area contributed by atoms with E-state index in [1.165, 1.54) is 0 Å². The van der Waals surface area contributed by atoms with Gasteiger partial charge in [0.05, 0.1) is 19.6 Å². The molecular weight excluding hydrogens is 266 g/mol. The van der Waals surface area contributed by atoms with Gasteiger partial charge < -0.3 is 14.5 Å². The summed E-state index contributed by atoms with van der Waals surface area (Å²) < 4.78 is 10.1. The van der Waals surface area contributed by atoms with Crippen LogP contribution in [0.4, 0.5) is 0 Å². The molecule has 0 aliphatic rings. The van der Waals surface area contributed by atoms with E-state index in [1.807, 2.05) is 37.3 Å². The maximum atomic E-state index is 11.9. The van der Waals surface area contributed by atoms with Gasteiger partial charge in [-0.2, -0.15) is 0 Å². The molecule has 1 amide bonds. The van der Waals surface area contributed by atoms with E-state index in [1.54, 1.807) is 19.6 Å². The van der Waals surface area contributed by atoms with E-state index >= 15 is 0 Å². The molecule has 4 heteroatoms. The molecule has 1 aromatic heterocycles. The van der Waals surface area contributed by atoms with Crippen molar-refractivity contribution < 1.29 is 13.9 Å². The molecule has 0 spiro atoms. The van der Waals surface area contributed by atoms with Crippen LogP contribution in [0, 0.1) is 0 Å². The number of rotatable bonds is 7. The minimum Gasteiger partial charge on any atom is -0.497 e. The van der Waals surface area contributed by atoms with Gasteiger partial charge >= 0.3 is 0 Å². The van der Waals surface area contributed by atoms with Crippen molar-refractivity contribution in [2.24, 2.45) is 0 Å². The standard InChI is InChI=1S/C17H21NO3/c1-13(11-15-9-10-21-12-15)18-17(19)8-5-14-3-6-16(20-2)7-4-14/h3-4,6-7,9-10,12-13H,5,8,11H2,1-2H3,(H,18,19)/t13-/m1/s1. The van der Waals surface area contributed by atoms with E-state index < -0.39 is 0 Å². The summed E-state index contributed by atoms with van der Waals surface area (Å²) in [6.07, 6.45) is 5.36. The molecular formula is C17H21NO3. The summed E-state index contributed by atoms with van der Waals surface area (Å²) in [6.45, 7) is 2.00. The number of furan rings is 1. The third-order valence-corrected chi connectivity index (χ3v) is 3.33. The van der Waals surface area contributed by atoms with E-state index in [0.717, 1.165) is 29.7 Å². The molecule has 0 aliphatic carbocycles. The summed E-state index contributed by atoms with van der Waals surface area (Å²) in [7, 11) is 1.64. The predicted molar refractivity (Wildman–Crippen MR) is 81.3 cm³/mol. The van der Waals surface area contributed by atoms with Crippen LogP contribution < -0.4 is 10.1 Å². The Kier molecular flexibility index (Phi) is 5.43. The smallest absolute Gasteiger partial charge is 0.220 e. The van der Waals surface area contributed by atoms with Crippen molar-refractivity contribution in [2.75, 3.05) is 7.11 Å². The molecule has 0 aliphatic heterocycles. The van der Waals surface area contributed by atoms with Crippen LogP contribution in [0.15, 0.2) is 47.3 Å². The molecule has 0 saturated heterocycles. The van der Waals surface area contributed by atoms with Crippen molar-refractivity contribution in [2.45, 2.75) is 32.2 Å². The van der Waals surface area contributed by atoms with Gasteiger partial charge in [-0.05, 0) is 49.1 Å². The molecule has 0 unspecified atom stereocenters. The molecule has 0 radical (unpaired) electrons. The van der Waals surface area contributed by atoms with Crippen LogP contribution in [-0.4, -0.2) is 19.1 Å². The zero-order valence-electron chi connectivity index (χ0n) is 12.5. The molecule has 0 fully saturated rings. The van der Waals surface area contributed by atoms with Crippen molar-refractivity contribution in [3.8, 4) is 5.75 Å². The molecule has 4 nitrogen and oxygen atoms in total.